The highest BCUT2D eigenvalue weighted by atomic mass is 19.1. The van der Waals surface area contributed by atoms with E-state index in [4.69, 9.17) is 14.5 Å². The molecule has 1 amide bonds. The molecular weight excluding hydrogens is 463 g/mol. The Morgan fingerprint density at radius 1 is 1.14 bits per heavy atom. The highest BCUT2D eigenvalue weighted by Crippen LogP contribution is 2.36. The van der Waals surface area contributed by atoms with Crippen molar-refractivity contribution < 1.29 is 18.7 Å². The number of aryl methyl sites for hydroxylation is 1. The van der Waals surface area contributed by atoms with E-state index >= 15 is 4.39 Å². The van der Waals surface area contributed by atoms with E-state index in [0.29, 0.717) is 40.9 Å². The van der Waals surface area contributed by atoms with Crippen LogP contribution in [0.25, 0.3) is 33.3 Å². The second kappa shape index (κ2) is 9.00. The number of halogens is 1. The van der Waals surface area contributed by atoms with Gasteiger partial charge in [-0.2, -0.15) is 5.10 Å². The zero-order valence-electron chi connectivity index (χ0n) is 21.1. The molecule has 36 heavy (non-hydrogen) atoms. The lowest BCUT2D eigenvalue weighted by Crippen LogP contribution is -2.41. The number of hydrogen-bond donors (Lipinski definition) is 0. The second-order valence-corrected chi connectivity index (χ2v) is 10.1. The minimum atomic E-state index is -0.541. The van der Waals surface area contributed by atoms with E-state index in [1.165, 1.54) is 7.11 Å². The third-order valence-corrected chi connectivity index (χ3v) is 6.28. The molecular formula is C26H29FN6O3. The predicted octanol–water partition coefficient (Wildman–Crippen LogP) is 4.84. The van der Waals surface area contributed by atoms with Gasteiger partial charge in [-0.15, -0.1) is 0 Å². The van der Waals surface area contributed by atoms with Crippen LogP contribution in [0.15, 0.2) is 30.6 Å². The summed E-state index contributed by atoms with van der Waals surface area (Å²) < 4.78 is 27.5. The van der Waals surface area contributed by atoms with E-state index in [-0.39, 0.29) is 23.3 Å². The van der Waals surface area contributed by atoms with Gasteiger partial charge in [-0.25, -0.2) is 24.1 Å². The average Bonchev–Trinajstić information content (AvgIpc) is 3.23. The highest BCUT2D eigenvalue weighted by Gasteiger charge is 2.28. The Morgan fingerprint density at radius 3 is 2.58 bits per heavy atom. The van der Waals surface area contributed by atoms with Crippen molar-refractivity contribution in [2.75, 3.05) is 20.2 Å². The summed E-state index contributed by atoms with van der Waals surface area (Å²) in [6.45, 7) is 6.85. The van der Waals surface area contributed by atoms with Crippen LogP contribution in [0.3, 0.4) is 0 Å². The number of aromatic nitrogens is 5. The lowest BCUT2D eigenvalue weighted by atomic mass is 9.93. The summed E-state index contributed by atoms with van der Waals surface area (Å²) in [5.41, 5.74) is 2.45. The molecule has 10 heteroatoms. The van der Waals surface area contributed by atoms with Gasteiger partial charge in [0.2, 0.25) is 0 Å². The largest absolute Gasteiger partial charge is 0.493 e. The number of benzene rings is 1. The van der Waals surface area contributed by atoms with Crippen LogP contribution in [-0.4, -0.2) is 61.5 Å². The van der Waals surface area contributed by atoms with Crippen LogP contribution in [-0.2, 0) is 11.8 Å². The number of fused-ring (bicyclic) bond motifs is 2. The summed E-state index contributed by atoms with van der Waals surface area (Å²) >= 11 is 0. The third-order valence-electron chi connectivity index (χ3n) is 6.28. The smallest absolute Gasteiger partial charge is 0.410 e. The molecule has 5 rings (SSSR count). The Labute approximate surface area is 208 Å². The fourth-order valence-electron chi connectivity index (χ4n) is 4.58. The van der Waals surface area contributed by atoms with Crippen molar-refractivity contribution in [3.63, 3.8) is 0 Å². The Bertz CT molecular complexity index is 1450. The van der Waals surface area contributed by atoms with E-state index in [1.807, 2.05) is 32.9 Å². The summed E-state index contributed by atoms with van der Waals surface area (Å²) in [5, 5.41) is 4.81. The molecule has 0 saturated carbocycles. The lowest BCUT2D eigenvalue weighted by molar-refractivity contribution is 0.0204. The number of rotatable bonds is 3. The number of ether oxygens (including phenoxy) is 2. The van der Waals surface area contributed by atoms with E-state index in [1.54, 1.807) is 35.1 Å². The number of hydrogen-bond acceptors (Lipinski definition) is 7. The Morgan fingerprint density at radius 2 is 1.89 bits per heavy atom. The number of pyridine rings is 1. The molecule has 188 valence electrons. The quantitative estimate of drug-likeness (QED) is 0.404. The van der Waals surface area contributed by atoms with Crippen molar-refractivity contribution in [3.05, 3.63) is 42.1 Å². The highest BCUT2D eigenvalue weighted by molar-refractivity contribution is 5.88. The van der Waals surface area contributed by atoms with Gasteiger partial charge in [-0.1, -0.05) is 0 Å². The van der Waals surface area contributed by atoms with Gasteiger partial charge < -0.3 is 14.4 Å². The summed E-state index contributed by atoms with van der Waals surface area (Å²) in [6.07, 6.45) is 4.73. The number of piperidine rings is 1. The molecule has 0 radical (unpaired) electrons. The molecule has 1 saturated heterocycles. The first-order chi connectivity index (χ1) is 17.1. The van der Waals surface area contributed by atoms with Crippen molar-refractivity contribution in [1.82, 2.24) is 29.6 Å². The molecule has 9 nitrogen and oxygen atoms in total. The van der Waals surface area contributed by atoms with Crippen LogP contribution in [0.2, 0.25) is 0 Å². The molecule has 1 aliphatic heterocycles. The zero-order valence-corrected chi connectivity index (χ0v) is 21.1. The van der Waals surface area contributed by atoms with Crippen molar-refractivity contribution in [1.29, 1.82) is 0 Å². The van der Waals surface area contributed by atoms with Crippen LogP contribution >= 0.6 is 0 Å². The lowest BCUT2D eigenvalue weighted by Gasteiger charge is -2.33. The first-order valence-electron chi connectivity index (χ1n) is 11.9. The maximum atomic E-state index is 15.1. The molecule has 0 unspecified atom stereocenters. The van der Waals surface area contributed by atoms with E-state index in [0.717, 1.165) is 18.5 Å². The molecule has 1 aromatic carbocycles. The number of carbonyl (C=O) groups is 1. The van der Waals surface area contributed by atoms with Crippen molar-refractivity contribution in [3.8, 4) is 17.1 Å². The Balaban J connectivity index is 1.38. The molecule has 4 heterocycles. The molecule has 1 fully saturated rings. The third kappa shape index (κ3) is 4.55. The molecule has 0 bridgehead atoms. The maximum absolute atomic E-state index is 15.1. The van der Waals surface area contributed by atoms with Crippen LogP contribution in [0.5, 0.6) is 5.75 Å². The maximum Gasteiger partial charge on any atom is 0.410 e. The van der Waals surface area contributed by atoms with E-state index < -0.39 is 11.4 Å². The van der Waals surface area contributed by atoms with Crippen molar-refractivity contribution >= 4 is 28.0 Å². The second-order valence-electron chi connectivity index (χ2n) is 10.1. The van der Waals surface area contributed by atoms with Crippen LogP contribution < -0.4 is 4.74 Å². The van der Waals surface area contributed by atoms with Gasteiger partial charge in [0.05, 0.1) is 24.4 Å². The minimum absolute atomic E-state index is 0.0573. The van der Waals surface area contributed by atoms with Gasteiger partial charge in [-0.05, 0) is 51.8 Å². The predicted molar refractivity (Wildman–Crippen MR) is 133 cm³/mol. The topological polar surface area (TPSA) is 95.3 Å². The Kier molecular flexibility index (Phi) is 5.97. The molecule has 1 aliphatic rings. The summed E-state index contributed by atoms with van der Waals surface area (Å²) in [7, 11) is 3.16. The fraction of sp³-hybridized carbons (Fsp3) is 0.423. The molecule has 0 aliphatic carbocycles. The summed E-state index contributed by atoms with van der Waals surface area (Å²) in [6, 6.07) is 5.66. The monoisotopic (exact) mass is 492 g/mol. The first-order valence-corrected chi connectivity index (χ1v) is 11.9. The van der Waals surface area contributed by atoms with Crippen LogP contribution in [0.1, 0.15) is 45.2 Å². The van der Waals surface area contributed by atoms with Gasteiger partial charge in [-0.3, -0.25) is 4.68 Å². The van der Waals surface area contributed by atoms with Crippen molar-refractivity contribution in [2.45, 2.75) is 45.1 Å². The van der Waals surface area contributed by atoms with Gasteiger partial charge in [0.15, 0.2) is 17.4 Å². The van der Waals surface area contributed by atoms with Gasteiger partial charge in [0.1, 0.15) is 16.6 Å². The van der Waals surface area contributed by atoms with E-state index in [2.05, 4.69) is 15.1 Å². The average molecular weight is 493 g/mol. The standard InChI is InChI=1S/C26H29FN6O3/c1-26(2,3)36-25(34)33-10-8-15(9-11-33)18-6-7-19-20(29-18)13-28-24(30-19)17-12-16-14-32(4)31-22(16)21(27)23(17)35-5/h6-7,12-15H,8-11H2,1-5H3. The molecule has 3 aromatic heterocycles. The Hall–Kier alpha value is -3.82. The SMILES string of the molecule is COc1c(-c2ncc3nc(C4CCN(C(=O)OC(C)(C)C)CC4)ccc3n2)cc2cn(C)nc2c1F. The van der Waals surface area contributed by atoms with Gasteiger partial charge in [0.25, 0.3) is 0 Å². The fourth-order valence-corrected chi connectivity index (χ4v) is 4.58. The zero-order chi connectivity index (χ0) is 25.6. The molecule has 0 atom stereocenters. The first kappa shape index (κ1) is 23.9. The number of likely N-dealkylation sites (tertiary alicyclic amines) is 1. The number of nitrogens with zero attached hydrogens (tertiary/aromatic N) is 6. The van der Waals surface area contributed by atoms with Crippen LogP contribution in [0.4, 0.5) is 9.18 Å². The molecule has 0 N–H and O–H groups in total. The molecule has 4 aromatic rings. The van der Waals surface area contributed by atoms with Crippen LogP contribution in [0, 0.1) is 5.82 Å². The summed E-state index contributed by atoms with van der Waals surface area (Å²) in [4.78, 5) is 28.0. The number of methoxy groups -OCH3 is 1. The summed E-state index contributed by atoms with van der Waals surface area (Å²) in [5.74, 6) is 0.0986. The minimum Gasteiger partial charge on any atom is -0.493 e. The normalized spacial score (nSPS) is 15.0. The van der Waals surface area contributed by atoms with Crippen molar-refractivity contribution in [2.24, 2.45) is 7.05 Å². The molecule has 0 spiro atoms. The van der Waals surface area contributed by atoms with Gasteiger partial charge in [0, 0.05) is 43.3 Å². The number of amides is 1. The number of carbonyl (C=O) groups excluding carboxylic acids is 1. The van der Waals surface area contributed by atoms with Gasteiger partial charge >= 0.3 is 6.09 Å². The van der Waals surface area contributed by atoms with E-state index in [9.17, 15) is 4.79 Å².